The lowest BCUT2D eigenvalue weighted by Gasteiger charge is -2.38. The van der Waals surface area contributed by atoms with Gasteiger partial charge in [-0.3, -0.25) is 9.69 Å². The zero-order valence-electron chi connectivity index (χ0n) is 22.8. The number of carbonyl (C=O) groups excluding carboxylic acids is 1. The number of aromatic nitrogens is 2. The highest BCUT2D eigenvalue weighted by Gasteiger charge is 2.31. The van der Waals surface area contributed by atoms with E-state index in [1.54, 1.807) is 30.9 Å². The summed E-state index contributed by atoms with van der Waals surface area (Å²) in [4.78, 5) is 29.7. The predicted molar refractivity (Wildman–Crippen MR) is 140 cm³/mol. The number of ether oxygens (including phenoxy) is 1. The van der Waals surface area contributed by atoms with Crippen LogP contribution in [0, 0.1) is 19.8 Å². The van der Waals surface area contributed by atoms with Crippen molar-refractivity contribution < 1.29 is 32.3 Å². The van der Waals surface area contributed by atoms with Crippen molar-refractivity contribution in [3.05, 3.63) is 35.0 Å². The third kappa shape index (κ3) is 6.50. The van der Waals surface area contributed by atoms with E-state index in [4.69, 9.17) is 14.3 Å². The summed E-state index contributed by atoms with van der Waals surface area (Å²) in [5.41, 5.74) is 1.12. The molecule has 39 heavy (non-hydrogen) atoms. The molecule has 2 aliphatic heterocycles. The number of hydrogen-bond acceptors (Lipinski definition) is 9. The van der Waals surface area contributed by atoms with Crippen LogP contribution in [0.25, 0.3) is 0 Å². The van der Waals surface area contributed by atoms with Gasteiger partial charge in [0.15, 0.2) is 0 Å². The van der Waals surface area contributed by atoms with Crippen LogP contribution in [0.15, 0.2) is 21.4 Å². The van der Waals surface area contributed by atoms with Crippen molar-refractivity contribution in [1.29, 1.82) is 0 Å². The molecular formula is C25H36N6O7S. The van der Waals surface area contributed by atoms with Gasteiger partial charge in [-0.25, -0.2) is 13.2 Å². The minimum absolute atomic E-state index is 0.0274. The molecule has 0 radical (unpaired) electrons. The van der Waals surface area contributed by atoms with Gasteiger partial charge in [-0.05, 0) is 55.9 Å². The molecule has 0 unspecified atom stereocenters. The molecule has 2 fully saturated rings. The largest absolute Gasteiger partial charge is 0.497 e. The fraction of sp³-hybridized carbons (Fsp3) is 0.600. The van der Waals surface area contributed by atoms with Gasteiger partial charge < -0.3 is 24.1 Å². The Kier molecular flexibility index (Phi) is 8.76. The number of benzene rings is 1. The number of methoxy groups -OCH3 is 1. The number of rotatable bonds is 8. The standard InChI is InChI=1S/C25H36N6O7S/c1-17-13-20(37-4)14-18(2)22(17)39(35,36)28(3)16-21-26-27-23(38-21)24(32)30-11-9-29(10-12-30)15-19-5-7-31(8-6-19)25(33)34/h13-14,19H,5-12,15-16H2,1-4H3,(H,33,34). The Balaban J connectivity index is 1.31. The fourth-order valence-corrected chi connectivity index (χ4v) is 6.73. The Hall–Kier alpha value is -3.23. The lowest BCUT2D eigenvalue weighted by molar-refractivity contribution is 0.0551. The zero-order valence-corrected chi connectivity index (χ0v) is 23.6. The molecule has 2 aromatic rings. The van der Waals surface area contributed by atoms with Gasteiger partial charge in [-0.1, -0.05) is 0 Å². The van der Waals surface area contributed by atoms with Gasteiger partial charge in [-0.15, -0.1) is 10.2 Å². The maximum atomic E-state index is 13.3. The first-order chi connectivity index (χ1) is 18.5. The van der Waals surface area contributed by atoms with E-state index >= 15 is 0 Å². The van der Waals surface area contributed by atoms with Crippen LogP contribution in [-0.4, -0.2) is 115 Å². The Morgan fingerprint density at radius 3 is 2.23 bits per heavy atom. The third-order valence-electron chi connectivity index (χ3n) is 7.41. The summed E-state index contributed by atoms with van der Waals surface area (Å²) in [6.45, 7) is 7.67. The first-order valence-corrected chi connectivity index (χ1v) is 14.4. The number of sulfonamides is 1. The summed E-state index contributed by atoms with van der Waals surface area (Å²) in [7, 11) is -0.912. The van der Waals surface area contributed by atoms with Gasteiger partial charge in [0.05, 0.1) is 18.6 Å². The summed E-state index contributed by atoms with van der Waals surface area (Å²) in [5, 5.41) is 16.9. The van der Waals surface area contributed by atoms with Crippen LogP contribution in [0.1, 0.15) is 40.5 Å². The molecule has 2 aliphatic rings. The van der Waals surface area contributed by atoms with E-state index in [1.165, 1.54) is 19.1 Å². The minimum Gasteiger partial charge on any atom is -0.497 e. The maximum absolute atomic E-state index is 13.3. The molecule has 214 valence electrons. The SMILES string of the molecule is COc1cc(C)c(S(=O)(=O)N(C)Cc2nnc(C(=O)N3CCN(CC4CCN(C(=O)O)CC4)CC3)o2)c(C)c1. The first kappa shape index (κ1) is 28.8. The Morgan fingerprint density at radius 2 is 1.67 bits per heavy atom. The number of aryl methyl sites for hydroxylation is 2. The molecule has 0 bridgehead atoms. The summed E-state index contributed by atoms with van der Waals surface area (Å²) in [6.07, 6.45) is 0.830. The van der Waals surface area contributed by atoms with E-state index in [-0.39, 0.29) is 29.1 Å². The van der Waals surface area contributed by atoms with Gasteiger partial charge in [0.2, 0.25) is 15.9 Å². The van der Waals surface area contributed by atoms with Crippen LogP contribution in [0.2, 0.25) is 0 Å². The number of nitrogens with zero attached hydrogens (tertiary/aromatic N) is 6. The van der Waals surface area contributed by atoms with Crippen LogP contribution in [0.3, 0.4) is 0 Å². The van der Waals surface area contributed by atoms with E-state index in [9.17, 15) is 18.0 Å². The van der Waals surface area contributed by atoms with Crippen molar-refractivity contribution >= 4 is 22.0 Å². The second-order valence-electron chi connectivity index (χ2n) is 10.2. The van der Waals surface area contributed by atoms with Gasteiger partial charge in [-0.2, -0.15) is 4.31 Å². The van der Waals surface area contributed by atoms with Gasteiger partial charge in [0, 0.05) is 52.9 Å². The van der Waals surface area contributed by atoms with E-state index in [0.717, 1.165) is 23.7 Å². The molecule has 0 saturated carbocycles. The molecule has 14 heteroatoms. The number of hydrogen-bond donors (Lipinski definition) is 1. The van der Waals surface area contributed by atoms with Gasteiger partial charge in [0.1, 0.15) is 5.75 Å². The van der Waals surface area contributed by atoms with Gasteiger partial charge in [0.25, 0.3) is 0 Å². The van der Waals surface area contributed by atoms with Gasteiger partial charge >= 0.3 is 17.9 Å². The molecule has 1 aromatic heterocycles. The van der Waals surface area contributed by atoms with E-state index < -0.39 is 16.1 Å². The van der Waals surface area contributed by atoms with E-state index in [2.05, 4.69) is 15.1 Å². The van der Waals surface area contributed by atoms with Crippen molar-refractivity contribution in [3.8, 4) is 5.75 Å². The molecule has 2 saturated heterocycles. The van der Waals surface area contributed by atoms with Crippen molar-refractivity contribution in [1.82, 2.24) is 29.2 Å². The first-order valence-electron chi connectivity index (χ1n) is 12.9. The van der Waals surface area contributed by atoms with Crippen LogP contribution in [0.4, 0.5) is 4.79 Å². The molecule has 4 rings (SSSR count). The Morgan fingerprint density at radius 1 is 1.05 bits per heavy atom. The van der Waals surface area contributed by atoms with Crippen molar-refractivity contribution in [2.75, 3.05) is 60.0 Å². The van der Waals surface area contributed by atoms with Crippen LogP contribution in [0.5, 0.6) is 5.75 Å². The number of carbonyl (C=O) groups is 2. The monoisotopic (exact) mass is 564 g/mol. The summed E-state index contributed by atoms with van der Waals surface area (Å²) in [5.74, 6) is 0.505. The summed E-state index contributed by atoms with van der Waals surface area (Å²) in [6, 6.07) is 3.33. The quantitative estimate of drug-likeness (QED) is 0.502. The number of amides is 2. The normalized spacial score (nSPS) is 17.6. The molecule has 1 aromatic carbocycles. The number of piperazine rings is 1. The third-order valence-corrected chi connectivity index (χ3v) is 9.52. The maximum Gasteiger partial charge on any atom is 0.407 e. The van der Waals surface area contributed by atoms with Crippen molar-refractivity contribution in [2.45, 2.75) is 38.1 Å². The fourth-order valence-electron chi connectivity index (χ4n) is 5.21. The number of piperidine rings is 1. The van der Waals surface area contributed by atoms with E-state index in [1.807, 2.05) is 0 Å². The topological polar surface area (TPSA) is 150 Å². The molecular weight excluding hydrogens is 528 g/mol. The highest BCUT2D eigenvalue weighted by atomic mass is 32.2. The number of likely N-dealkylation sites (tertiary alicyclic amines) is 1. The highest BCUT2D eigenvalue weighted by Crippen LogP contribution is 2.28. The van der Waals surface area contributed by atoms with Crippen LogP contribution >= 0.6 is 0 Å². The Bertz CT molecular complexity index is 1270. The second kappa shape index (κ2) is 11.9. The molecule has 13 nitrogen and oxygen atoms in total. The van der Waals surface area contributed by atoms with Crippen molar-refractivity contribution in [2.24, 2.45) is 5.92 Å². The number of carboxylic acid groups (broad SMARTS) is 1. The molecule has 2 amide bonds. The van der Waals surface area contributed by atoms with Crippen molar-refractivity contribution in [3.63, 3.8) is 0 Å². The molecule has 0 spiro atoms. The average molecular weight is 565 g/mol. The molecule has 0 atom stereocenters. The lowest BCUT2D eigenvalue weighted by atomic mass is 9.96. The highest BCUT2D eigenvalue weighted by molar-refractivity contribution is 7.89. The second-order valence-corrected chi connectivity index (χ2v) is 12.1. The Labute approximate surface area is 228 Å². The predicted octanol–water partition coefficient (Wildman–Crippen LogP) is 1.66. The summed E-state index contributed by atoms with van der Waals surface area (Å²) < 4.78 is 38.5. The van der Waals surface area contributed by atoms with Crippen LogP contribution < -0.4 is 4.74 Å². The molecule has 3 heterocycles. The average Bonchev–Trinajstić information content (AvgIpc) is 3.36. The van der Waals surface area contributed by atoms with E-state index in [0.29, 0.717) is 62.1 Å². The lowest BCUT2D eigenvalue weighted by Crippen LogP contribution is -2.50. The molecule has 1 N–H and O–H groups in total. The molecule has 0 aliphatic carbocycles. The summed E-state index contributed by atoms with van der Waals surface area (Å²) >= 11 is 0. The smallest absolute Gasteiger partial charge is 0.407 e. The minimum atomic E-state index is -3.86. The zero-order chi connectivity index (χ0) is 28.3. The van der Waals surface area contributed by atoms with Crippen LogP contribution in [-0.2, 0) is 16.6 Å².